The van der Waals surface area contributed by atoms with Gasteiger partial charge in [0.1, 0.15) is 6.04 Å². The Morgan fingerprint density at radius 3 is 2.81 bits per heavy atom. The predicted octanol–water partition coefficient (Wildman–Crippen LogP) is 1.12. The molecule has 5 heteroatoms. The third kappa shape index (κ3) is 2.49. The van der Waals surface area contributed by atoms with Crippen molar-refractivity contribution in [3.63, 3.8) is 0 Å². The molecule has 0 aliphatic carbocycles. The smallest absolute Gasteiger partial charge is 0.320 e. The normalized spacial score (nSPS) is 12.1. The van der Waals surface area contributed by atoms with Crippen LogP contribution in [0.2, 0.25) is 0 Å². The summed E-state index contributed by atoms with van der Waals surface area (Å²) < 4.78 is 0. The summed E-state index contributed by atoms with van der Waals surface area (Å²) in [4.78, 5) is 13.7. The zero-order valence-corrected chi connectivity index (χ0v) is 11.8. The second kappa shape index (κ2) is 5.24. The largest absolute Gasteiger partial charge is 0.480 e. The maximum Gasteiger partial charge on any atom is 0.320 e. The number of H-pyrrole nitrogens is 1. The van der Waals surface area contributed by atoms with Gasteiger partial charge in [-0.15, -0.1) is 0 Å². The zero-order chi connectivity index (χ0) is 10.8. The van der Waals surface area contributed by atoms with E-state index in [1.165, 1.54) is 0 Å². The van der Waals surface area contributed by atoms with Gasteiger partial charge in [0.15, 0.2) is 0 Å². The number of para-hydroxylation sites is 1. The number of carboxylic acids is 1. The summed E-state index contributed by atoms with van der Waals surface area (Å²) in [7, 11) is 0. The van der Waals surface area contributed by atoms with Crippen LogP contribution in [0, 0.1) is 0 Å². The van der Waals surface area contributed by atoms with Gasteiger partial charge >= 0.3 is 5.97 Å². The van der Waals surface area contributed by atoms with Crippen LogP contribution < -0.4 is 5.73 Å². The number of rotatable bonds is 3. The minimum Gasteiger partial charge on any atom is -0.480 e. The molecule has 4 nitrogen and oxygen atoms in total. The van der Waals surface area contributed by atoms with Gasteiger partial charge in [0.2, 0.25) is 0 Å². The molecule has 0 aliphatic rings. The van der Waals surface area contributed by atoms with Crippen LogP contribution in [0.15, 0.2) is 30.5 Å². The van der Waals surface area contributed by atoms with Gasteiger partial charge < -0.3 is 15.8 Å². The quantitative estimate of drug-likeness (QED) is 0.731. The van der Waals surface area contributed by atoms with E-state index in [0.29, 0.717) is 6.42 Å². The Labute approximate surface area is 106 Å². The van der Waals surface area contributed by atoms with Gasteiger partial charge in [-0.1, -0.05) is 18.2 Å². The average Bonchev–Trinajstić information content (AvgIpc) is 2.62. The Bertz CT molecular complexity index is 495. The molecule has 0 bridgehead atoms. The van der Waals surface area contributed by atoms with Crippen molar-refractivity contribution < 1.29 is 29.4 Å². The first-order valence-electron chi connectivity index (χ1n) is 4.72. The molecule has 0 amide bonds. The summed E-state index contributed by atoms with van der Waals surface area (Å²) in [5.41, 5.74) is 7.43. The monoisotopic (exact) mass is 268 g/mol. The first-order valence-corrected chi connectivity index (χ1v) is 4.72. The van der Waals surface area contributed by atoms with E-state index in [0.717, 1.165) is 16.5 Å². The molecular weight excluding hydrogens is 258 g/mol. The molecule has 0 aliphatic heterocycles. The van der Waals surface area contributed by atoms with Crippen molar-refractivity contribution >= 4 is 16.9 Å². The second-order valence-electron chi connectivity index (χ2n) is 3.51. The van der Waals surface area contributed by atoms with E-state index < -0.39 is 12.0 Å². The van der Waals surface area contributed by atoms with E-state index in [9.17, 15) is 4.79 Å². The molecule has 0 fully saturated rings. The van der Waals surface area contributed by atoms with Gasteiger partial charge in [-0.05, 0) is 11.6 Å². The van der Waals surface area contributed by atoms with Crippen LogP contribution in [0.3, 0.4) is 0 Å². The topological polar surface area (TPSA) is 79.1 Å². The Kier molecular flexibility index (Phi) is 4.21. The summed E-state index contributed by atoms with van der Waals surface area (Å²) in [6, 6.07) is 6.91. The Balaban J connectivity index is 0.00000128. The Morgan fingerprint density at radius 2 is 2.12 bits per heavy atom. The number of aromatic amines is 1. The van der Waals surface area contributed by atoms with Gasteiger partial charge in [0.25, 0.3) is 0 Å². The third-order valence-electron chi connectivity index (χ3n) is 2.43. The molecule has 1 atom stereocenters. The molecular formula is C11H12N2O2Zn. The SMILES string of the molecule is NC(Cc1c[nH]c2ccccc12)C(=O)O.[Zn]. The zero-order valence-electron chi connectivity index (χ0n) is 8.81. The fourth-order valence-corrected chi connectivity index (χ4v) is 1.62. The summed E-state index contributed by atoms with van der Waals surface area (Å²) in [5, 5.41) is 9.75. The van der Waals surface area contributed by atoms with Crippen molar-refractivity contribution in [2.24, 2.45) is 5.73 Å². The Morgan fingerprint density at radius 1 is 1.44 bits per heavy atom. The first kappa shape index (κ1) is 12.9. The van der Waals surface area contributed by atoms with Crippen LogP contribution in [0.1, 0.15) is 5.56 Å². The van der Waals surface area contributed by atoms with E-state index in [-0.39, 0.29) is 19.5 Å². The molecule has 1 aromatic heterocycles. The molecule has 16 heavy (non-hydrogen) atoms. The number of aromatic nitrogens is 1. The summed E-state index contributed by atoms with van der Waals surface area (Å²) in [6.45, 7) is 0. The number of hydrogen-bond acceptors (Lipinski definition) is 2. The number of hydrogen-bond donors (Lipinski definition) is 3. The number of carboxylic acid groups (broad SMARTS) is 1. The number of nitrogens with one attached hydrogen (secondary N) is 1. The summed E-state index contributed by atoms with van der Waals surface area (Å²) in [5.74, 6) is -0.972. The standard InChI is InChI=1S/C11H12N2O2.Zn/c12-9(11(14)15)5-7-6-13-10-4-2-1-3-8(7)10;/h1-4,6,9,13H,5,12H2,(H,14,15);. The van der Waals surface area contributed by atoms with Crippen molar-refractivity contribution in [3.05, 3.63) is 36.0 Å². The molecule has 1 aromatic carbocycles. The Hall–Kier alpha value is -1.19. The van der Waals surface area contributed by atoms with E-state index in [1.807, 2.05) is 30.5 Å². The fraction of sp³-hybridized carbons (Fsp3) is 0.182. The number of fused-ring (bicyclic) bond motifs is 1. The third-order valence-corrected chi connectivity index (χ3v) is 2.43. The molecule has 0 spiro atoms. The fourth-order valence-electron chi connectivity index (χ4n) is 1.62. The summed E-state index contributed by atoms with van der Waals surface area (Å²) in [6.07, 6.45) is 2.16. The molecule has 80 valence electrons. The minimum atomic E-state index is -0.972. The van der Waals surface area contributed by atoms with Crippen LogP contribution in [0.4, 0.5) is 0 Å². The maximum absolute atomic E-state index is 10.6. The van der Waals surface area contributed by atoms with Crippen molar-refractivity contribution in [2.45, 2.75) is 12.5 Å². The second-order valence-corrected chi connectivity index (χ2v) is 3.51. The molecule has 1 heterocycles. The van der Waals surface area contributed by atoms with Gasteiger partial charge in [-0.25, -0.2) is 0 Å². The molecule has 1 unspecified atom stereocenters. The van der Waals surface area contributed by atoms with Crippen molar-refractivity contribution in [1.82, 2.24) is 4.98 Å². The van der Waals surface area contributed by atoms with Crippen molar-refractivity contribution in [1.29, 1.82) is 0 Å². The number of carbonyl (C=O) groups is 1. The van der Waals surface area contributed by atoms with Gasteiger partial charge in [0, 0.05) is 43.0 Å². The van der Waals surface area contributed by atoms with Crippen LogP contribution in [-0.2, 0) is 30.7 Å². The van der Waals surface area contributed by atoms with E-state index >= 15 is 0 Å². The van der Waals surface area contributed by atoms with Crippen LogP contribution >= 0.6 is 0 Å². The van der Waals surface area contributed by atoms with E-state index in [1.54, 1.807) is 0 Å². The number of benzene rings is 1. The average molecular weight is 270 g/mol. The molecule has 0 radical (unpaired) electrons. The molecule has 4 N–H and O–H groups in total. The van der Waals surface area contributed by atoms with E-state index in [4.69, 9.17) is 10.8 Å². The van der Waals surface area contributed by atoms with Crippen LogP contribution in [0.25, 0.3) is 10.9 Å². The van der Waals surface area contributed by atoms with Crippen molar-refractivity contribution in [2.75, 3.05) is 0 Å². The van der Waals surface area contributed by atoms with E-state index in [2.05, 4.69) is 4.98 Å². The first-order chi connectivity index (χ1) is 7.18. The van der Waals surface area contributed by atoms with Gasteiger partial charge in [-0.2, -0.15) is 0 Å². The van der Waals surface area contributed by atoms with Gasteiger partial charge in [0.05, 0.1) is 0 Å². The summed E-state index contributed by atoms with van der Waals surface area (Å²) >= 11 is 0. The molecule has 2 rings (SSSR count). The predicted molar refractivity (Wildman–Crippen MR) is 57.6 cm³/mol. The number of nitrogens with two attached hydrogens (primary N) is 1. The van der Waals surface area contributed by atoms with Crippen LogP contribution in [-0.4, -0.2) is 22.1 Å². The van der Waals surface area contributed by atoms with Gasteiger partial charge in [-0.3, -0.25) is 4.79 Å². The minimum absolute atomic E-state index is 0. The number of aliphatic carboxylic acids is 1. The molecule has 0 saturated carbocycles. The van der Waals surface area contributed by atoms with Crippen LogP contribution in [0.5, 0.6) is 0 Å². The van der Waals surface area contributed by atoms with Crippen molar-refractivity contribution in [3.8, 4) is 0 Å². The maximum atomic E-state index is 10.6. The molecule has 0 saturated heterocycles. The molecule has 2 aromatic rings.